The molecule has 0 aliphatic carbocycles. The van der Waals surface area contributed by atoms with Gasteiger partial charge in [0.25, 0.3) is 0 Å². The highest BCUT2D eigenvalue weighted by atomic mass is 16.4. The Morgan fingerprint density at radius 1 is 1.30 bits per heavy atom. The van der Waals surface area contributed by atoms with Gasteiger partial charge in [0, 0.05) is 24.7 Å². The predicted octanol–water partition coefficient (Wildman–Crippen LogP) is 1.36. The molecule has 6 nitrogen and oxygen atoms in total. The third-order valence-electron chi connectivity index (χ3n) is 2.85. The summed E-state index contributed by atoms with van der Waals surface area (Å²) in [5.74, 6) is -0.859. The van der Waals surface area contributed by atoms with E-state index < -0.39 is 5.97 Å². The summed E-state index contributed by atoms with van der Waals surface area (Å²) in [5, 5.41) is 14.0. The Balaban J connectivity index is 2.19. The first-order valence-corrected chi connectivity index (χ1v) is 6.58. The van der Waals surface area contributed by atoms with Crippen molar-refractivity contribution < 1.29 is 14.7 Å². The molecule has 2 amide bonds. The van der Waals surface area contributed by atoms with Crippen molar-refractivity contribution in [2.24, 2.45) is 0 Å². The summed E-state index contributed by atoms with van der Waals surface area (Å²) in [6.45, 7) is 2.30. The van der Waals surface area contributed by atoms with Crippen molar-refractivity contribution in [1.82, 2.24) is 10.6 Å². The van der Waals surface area contributed by atoms with Crippen LogP contribution in [-0.4, -0.2) is 29.7 Å². The van der Waals surface area contributed by atoms with Crippen LogP contribution >= 0.6 is 0 Å². The van der Waals surface area contributed by atoms with E-state index in [1.807, 2.05) is 24.3 Å². The van der Waals surface area contributed by atoms with Crippen molar-refractivity contribution in [2.45, 2.75) is 32.2 Å². The number of carbonyl (C=O) groups excluding carboxylic acids is 1. The standard InChI is InChI=1S/C14H21N3O3/c1-10(2-7-13(18)19)17-14(20)16-9-8-11-3-5-12(15)6-4-11/h3-6,10H,2,7-9,15H2,1H3,(H,18,19)(H2,16,17,20). The van der Waals surface area contributed by atoms with E-state index in [1.54, 1.807) is 6.92 Å². The maximum Gasteiger partial charge on any atom is 0.315 e. The number of carboxylic acids is 1. The van der Waals surface area contributed by atoms with E-state index in [2.05, 4.69) is 10.6 Å². The zero-order chi connectivity index (χ0) is 15.0. The van der Waals surface area contributed by atoms with Crippen LogP contribution in [0, 0.1) is 0 Å². The Kier molecular flexibility index (Phi) is 6.36. The molecule has 110 valence electrons. The summed E-state index contributed by atoms with van der Waals surface area (Å²) in [4.78, 5) is 22.0. The number of amides is 2. The molecule has 6 heteroatoms. The third kappa shape index (κ3) is 6.63. The quantitative estimate of drug-likeness (QED) is 0.566. The molecule has 0 aliphatic heterocycles. The molecule has 1 aromatic carbocycles. The Bertz CT molecular complexity index is 445. The first kappa shape index (κ1) is 15.8. The van der Waals surface area contributed by atoms with E-state index in [0.29, 0.717) is 18.7 Å². The van der Waals surface area contributed by atoms with Crippen LogP contribution in [0.4, 0.5) is 10.5 Å². The molecule has 0 heterocycles. The summed E-state index contributed by atoms with van der Waals surface area (Å²) in [5.41, 5.74) is 7.40. The number of nitrogens with one attached hydrogen (secondary N) is 2. The number of benzene rings is 1. The lowest BCUT2D eigenvalue weighted by Crippen LogP contribution is -2.41. The van der Waals surface area contributed by atoms with Gasteiger partial charge in [-0.05, 0) is 37.5 Å². The molecular formula is C14H21N3O3. The van der Waals surface area contributed by atoms with E-state index in [-0.39, 0.29) is 18.5 Å². The number of carboxylic acid groups (broad SMARTS) is 1. The van der Waals surface area contributed by atoms with E-state index in [9.17, 15) is 9.59 Å². The van der Waals surface area contributed by atoms with Crippen LogP contribution in [0.1, 0.15) is 25.3 Å². The highest BCUT2D eigenvalue weighted by Gasteiger charge is 2.08. The molecule has 0 aromatic heterocycles. The van der Waals surface area contributed by atoms with Crippen LogP contribution < -0.4 is 16.4 Å². The van der Waals surface area contributed by atoms with Crippen LogP contribution in [0.5, 0.6) is 0 Å². The molecule has 0 radical (unpaired) electrons. The molecule has 5 N–H and O–H groups in total. The second kappa shape index (κ2) is 8.04. The van der Waals surface area contributed by atoms with Crippen molar-refractivity contribution >= 4 is 17.7 Å². The number of anilines is 1. The topological polar surface area (TPSA) is 104 Å². The molecule has 1 rings (SSSR count). The van der Waals surface area contributed by atoms with Gasteiger partial charge in [0.05, 0.1) is 0 Å². The Morgan fingerprint density at radius 3 is 2.55 bits per heavy atom. The fourth-order valence-electron chi connectivity index (χ4n) is 1.69. The second-order valence-electron chi connectivity index (χ2n) is 4.73. The first-order valence-electron chi connectivity index (χ1n) is 6.58. The third-order valence-corrected chi connectivity index (χ3v) is 2.85. The normalized spacial score (nSPS) is 11.7. The predicted molar refractivity (Wildman–Crippen MR) is 77.4 cm³/mol. The second-order valence-corrected chi connectivity index (χ2v) is 4.73. The largest absolute Gasteiger partial charge is 0.481 e. The van der Waals surface area contributed by atoms with Crippen LogP contribution in [0.2, 0.25) is 0 Å². The lowest BCUT2D eigenvalue weighted by molar-refractivity contribution is -0.137. The molecule has 0 fully saturated rings. The zero-order valence-corrected chi connectivity index (χ0v) is 11.6. The van der Waals surface area contributed by atoms with Crippen molar-refractivity contribution in [1.29, 1.82) is 0 Å². The molecular weight excluding hydrogens is 258 g/mol. The maximum atomic E-state index is 11.6. The molecule has 0 saturated heterocycles. The van der Waals surface area contributed by atoms with Crippen LogP contribution in [0.3, 0.4) is 0 Å². The van der Waals surface area contributed by atoms with Gasteiger partial charge in [0.2, 0.25) is 0 Å². The van der Waals surface area contributed by atoms with Gasteiger partial charge in [-0.2, -0.15) is 0 Å². The molecule has 20 heavy (non-hydrogen) atoms. The summed E-state index contributed by atoms with van der Waals surface area (Å²) >= 11 is 0. The van der Waals surface area contributed by atoms with Crippen molar-refractivity contribution in [3.63, 3.8) is 0 Å². The minimum atomic E-state index is -0.859. The minimum Gasteiger partial charge on any atom is -0.481 e. The highest BCUT2D eigenvalue weighted by Crippen LogP contribution is 2.05. The van der Waals surface area contributed by atoms with Gasteiger partial charge in [0.15, 0.2) is 0 Å². The van der Waals surface area contributed by atoms with E-state index in [1.165, 1.54) is 0 Å². The van der Waals surface area contributed by atoms with Gasteiger partial charge < -0.3 is 21.5 Å². The summed E-state index contributed by atoms with van der Waals surface area (Å²) in [6.07, 6.45) is 1.19. The Labute approximate surface area is 118 Å². The highest BCUT2D eigenvalue weighted by molar-refractivity contribution is 5.74. The average molecular weight is 279 g/mol. The molecule has 0 aliphatic rings. The number of nitrogen functional groups attached to an aromatic ring is 1. The number of urea groups is 1. The Morgan fingerprint density at radius 2 is 1.95 bits per heavy atom. The lowest BCUT2D eigenvalue weighted by atomic mass is 10.1. The SMILES string of the molecule is CC(CCC(=O)O)NC(=O)NCCc1ccc(N)cc1. The van der Waals surface area contributed by atoms with Gasteiger partial charge in [-0.15, -0.1) is 0 Å². The van der Waals surface area contributed by atoms with Crippen molar-refractivity contribution in [3.05, 3.63) is 29.8 Å². The van der Waals surface area contributed by atoms with E-state index in [0.717, 1.165) is 12.0 Å². The maximum absolute atomic E-state index is 11.6. The summed E-state index contributed by atoms with van der Waals surface area (Å²) in [7, 11) is 0. The monoisotopic (exact) mass is 279 g/mol. The smallest absolute Gasteiger partial charge is 0.315 e. The molecule has 1 aromatic rings. The van der Waals surface area contributed by atoms with E-state index in [4.69, 9.17) is 10.8 Å². The molecule has 0 saturated carbocycles. The summed E-state index contributed by atoms with van der Waals surface area (Å²) in [6, 6.07) is 7.04. The summed E-state index contributed by atoms with van der Waals surface area (Å²) < 4.78 is 0. The molecule has 1 atom stereocenters. The fraction of sp³-hybridized carbons (Fsp3) is 0.429. The number of hydrogen-bond acceptors (Lipinski definition) is 3. The van der Waals surface area contributed by atoms with E-state index >= 15 is 0 Å². The fourth-order valence-corrected chi connectivity index (χ4v) is 1.69. The number of aliphatic carboxylic acids is 1. The minimum absolute atomic E-state index is 0.0485. The number of nitrogens with two attached hydrogens (primary N) is 1. The molecule has 0 bridgehead atoms. The van der Waals surface area contributed by atoms with Crippen molar-refractivity contribution in [2.75, 3.05) is 12.3 Å². The van der Waals surface area contributed by atoms with Crippen LogP contribution in [0.15, 0.2) is 24.3 Å². The van der Waals surface area contributed by atoms with Gasteiger partial charge in [0.1, 0.15) is 0 Å². The van der Waals surface area contributed by atoms with Crippen LogP contribution in [-0.2, 0) is 11.2 Å². The number of carbonyl (C=O) groups is 2. The molecule has 1 unspecified atom stereocenters. The van der Waals surface area contributed by atoms with Crippen molar-refractivity contribution in [3.8, 4) is 0 Å². The molecule has 0 spiro atoms. The average Bonchev–Trinajstić information content (AvgIpc) is 2.38. The van der Waals surface area contributed by atoms with Crippen LogP contribution in [0.25, 0.3) is 0 Å². The van der Waals surface area contributed by atoms with Gasteiger partial charge in [-0.1, -0.05) is 12.1 Å². The first-order chi connectivity index (χ1) is 9.47. The Hall–Kier alpha value is -2.24. The number of rotatable bonds is 7. The van der Waals surface area contributed by atoms with Gasteiger partial charge in [-0.3, -0.25) is 4.79 Å². The zero-order valence-electron chi connectivity index (χ0n) is 11.6. The van der Waals surface area contributed by atoms with Gasteiger partial charge >= 0.3 is 12.0 Å². The lowest BCUT2D eigenvalue weighted by Gasteiger charge is -2.13. The number of hydrogen-bond donors (Lipinski definition) is 4. The van der Waals surface area contributed by atoms with Gasteiger partial charge in [-0.25, -0.2) is 4.79 Å².